The molecule has 3 heterocycles. The Morgan fingerprint density at radius 2 is 2.00 bits per heavy atom. The van der Waals surface area contributed by atoms with Gasteiger partial charge < -0.3 is 9.80 Å². The summed E-state index contributed by atoms with van der Waals surface area (Å²) < 4.78 is 15.0. The minimum absolute atomic E-state index is 0.0855. The van der Waals surface area contributed by atoms with Gasteiger partial charge in [0.15, 0.2) is 11.6 Å². The zero-order valence-corrected chi connectivity index (χ0v) is 14.1. The second-order valence-corrected chi connectivity index (χ2v) is 6.20. The van der Waals surface area contributed by atoms with Crippen molar-refractivity contribution in [3.05, 3.63) is 65.1 Å². The smallest absolute Gasteiger partial charge is 0.266 e. The van der Waals surface area contributed by atoms with Crippen molar-refractivity contribution < 1.29 is 4.39 Å². The van der Waals surface area contributed by atoms with Gasteiger partial charge in [0.1, 0.15) is 12.0 Å². The van der Waals surface area contributed by atoms with Crippen LogP contribution in [0.5, 0.6) is 0 Å². The van der Waals surface area contributed by atoms with Crippen LogP contribution in [-0.2, 0) is 0 Å². The van der Waals surface area contributed by atoms with E-state index in [9.17, 15) is 9.18 Å². The normalized spacial score (nSPS) is 14.2. The van der Waals surface area contributed by atoms with Gasteiger partial charge in [0.05, 0.1) is 17.9 Å². The molecule has 132 valence electrons. The third-order valence-electron chi connectivity index (χ3n) is 4.58. The van der Waals surface area contributed by atoms with Crippen LogP contribution in [0, 0.1) is 5.82 Å². The summed E-state index contributed by atoms with van der Waals surface area (Å²) in [5.41, 5.74) is 1.52. The number of nitrogens with one attached hydrogen (secondary N) is 1. The topological polar surface area (TPSA) is 78.0 Å². The Morgan fingerprint density at radius 3 is 2.73 bits per heavy atom. The summed E-state index contributed by atoms with van der Waals surface area (Å²) in [6, 6.07) is 10.8. The number of anilines is 2. The quantitative estimate of drug-likeness (QED) is 0.770. The van der Waals surface area contributed by atoms with E-state index in [4.69, 9.17) is 0 Å². The van der Waals surface area contributed by atoms with E-state index in [2.05, 4.69) is 20.2 Å². The van der Waals surface area contributed by atoms with Gasteiger partial charge in [0.25, 0.3) is 5.56 Å². The van der Waals surface area contributed by atoms with Crippen molar-refractivity contribution in [2.75, 3.05) is 29.9 Å². The molecule has 0 amide bonds. The molecule has 0 unspecified atom stereocenters. The fraction of sp³-hybridized carbons (Fsp3) is 0.222. The number of aromatic nitrogens is 4. The molecule has 3 aromatic rings. The summed E-state index contributed by atoms with van der Waals surface area (Å²) in [4.78, 5) is 23.4. The second-order valence-electron chi connectivity index (χ2n) is 6.20. The minimum Gasteiger partial charge on any atom is -0.366 e. The lowest BCUT2D eigenvalue weighted by Crippen LogP contribution is -2.59. The Morgan fingerprint density at radius 1 is 1.23 bits per heavy atom. The molecule has 4 rings (SSSR count). The number of aromatic amines is 1. The number of H-pyrrole nitrogens is 1. The fourth-order valence-corrected chi connectivity index (χ4v) is 3.03. The van der Waals surface area contributed by atoms with E-state index in [1.807, 2.05) is 47.2 Å². The maximum absolute atomic E-state index is 15.0. The molecule has 0 saturated carbocycles. The standard InChI is InChI=1S/C18H17FN6O/c1-24(14-9-25(10-14)13-7-15(26)23-22-8-13)18-16(19)17(20-11-21-18)12-5-3-2-4-6-12/h2-8,11,14H,9-10H2,1H3,(H,23,26). The van der Waals surface area contributed by atoms with Gasteiger partial charge in [-0.05, 0) is 0 Å². The van der Waals surface area contributed by atoms with Crippen molar-refractivity contribution in [2.24, 2.45) is 0 Å². The summed E-state index contributed by atoms with van der Waals surface area (Å²) in [5, 5.41) is 6.16. The van der Waals surface area contributed by atoms with Gasteiger partial charge in [0.2, 0.25) is 0 Å². The molecule has 0 radical (unpaired) electrons. The van der Waals surface area contributed by atoms with Gasteiger partial charge >= 0.3 is 0 Å². The molecule has 1 saturated heterocycles. The predicted octanol–water partition coefficient (Wildman–Crippen LogP) is 1.69. The molecule has 8 heteroatoms. The van der Waals surface area contributed by atoms with Gasteiger partial charge in [-0.1, -0.05) is 30.3 Å². The van der Waals surface area contributed by atoms with Crippen LogP contribution in [0.2, 0.25) is 0 Å². The highest BCUT2D eigenvalue weighted by Gasteiger charge is 2.33. The van der Waals surface area contributed by atoms with Gasteiger partial charge in [-0.2, -0.15) is 5.10 Å². The van der Waals surface area contributed by atoms with Crippen molar-refractivity contribution in [3.63, 3.8) is 0 Å². The van der Waals surface area contributed by atoms with Crippen molar-refractivity contribution in [2.45, 2.75) is 6.04 Å². The summed E-state index contributed by atoms with van der Waals surface area (Å²) in [6.45, 7) is 1.32. The van der Waals surface area contributed by atoms with E-state index in [0.29, 0.717) is 18.7 Å². The number of likely N-dealkylation sites (N-methyl/N-ethyl adjacent to an activating group) is 1. The molecule has 1 aliphatic rings. The second kappa shape index (κ2) is 6.55. The van der Waals surface area contributed by atoms with Crippen LogP contribution in [-0.4, -0.2) is 46.3 Å². The van der Waals surface area contributed by atoms with E-state index < -0.39 is 5.82 Å². The monoisotopic (exact) mass is 352 g/mol. The molecule has 0 atom stereocenters. The fourth-order valence-electron chi connectivity index (χ4n) is 3.03. The van der Waals surface area contributed by atoms with Gasteiger partial charge in [0, 0.05) is 31.8 Å². The molecule has 26 heavy (non-hydrogen) atoms. The molecule has 1 aliphatic heterocycles. The number of rotatable bonds is 4. The van der Waals surface area contributed by atoms with Crippen molar-refractivity contribution in [1.29, 1.82) is 0 Å². The van der Waals surface area contributed by atoms with Crippen LogP contribution < -0.4 is 15.4 Å². The third kappa shape index (κ3) is 2.90. The molecular formula is C18H17FN6O. The van der Waals surface area contributed by atoms with Crippen LogP contribution >= 0.6 is 0 Å². The number of hydrogen-bond acceptors (Lipinski definition) is 6. The number of hydrogen-bond donors (Lipinski definition) is 1. The lowest BCUT2D eigenvalue weighted by atomic mass is 10.1. The number of halogens is 1. The molecule has 1 aromatic carbocycles. The van der Waals surface area contributed by atoms with Crippen LogP contribution in [0.4, 0.5) is 15.9 Å². The first kappa shape index (κ1) is 16.2. The lowest BCUT2D eigenvalue weighted by Gasteiger charge is -2.45. The van der Waals surface area contributed by atoms with Gasteiger partial charge in [-0.25, -0.2) is 19.5 Å². The molecular weight excluding hydrogens is 335 g/mol. The molecule has 0 aliphatic carbocycles. The van der Waals surface area contributed by atoms with Crippen LogP contribution in [0.15, 0.2) is 53.7 Å². The van der Waals surface area contributed by atoms with Crippen LogP contribution in [0.3, 0.4) is 0 Å². The Labute approximate surface area is 149 Å². The maximum atomic E-state index is 15.0. The highest BCUT2D eigenvalue weighted by atomic mass is 19.1. The summed E-state index contributed by atoms with van der Waals surface area (Å²) in [7, 11) is 1.82. The van der Waals surface area contributed by atoms with Crippen molar-refractivity contribution in [1.82, 2.24) is 20.2 Å². The van der Waals surface area contributed by atoms with Crippen LogP contribution in [0.25, 0.3) is 11.3 Å². The zero-order chi connectivity index (χ0) is 18.1. The Hall–Kier alpha value is -3.29. The maximum Gasteiger partial charge on any atom is 0.266 e. The number of nitrogens with zero attached hydrogens (tertiary/aromatic N) is 5. The Balaban J connectivity index is 1.53. The molecule has 1 fully saturated rings. The lowest BCUT2D eigenvalue weighted by molar-refractivity contribution is 0.483. The average Bonchev–Trinajstić information content (AvgIpc) is 2.61. The first-order valence-electron chi connectivity index (χ1n) is 8.22. The van der Waals surface area contributed by atoms with Crippen LogP contribution in [0.1, 0.15) is 0 Å². The first-order chi connectivity index (χ1) is 12.6. The largest absolute Gasteiger partial charge is 0.366 e. The minimum atomic E-state index is -0.433. The molecule has 7 nitrogen and oxygen atoms in total. The molecule has 0 spiro atoms. The van der Waals surface area contributed by atoms with Gasteiger partial charge in [-0.15, -0.1) is 0 Å². The van der Waals surface area contributed by atoms with Crippen molar-refractivity contribution >= 4 is 11.5 Å². The number of benzene rings is 1. The summed E-state index contributed by atoms with van der Waals surface area (Å²) in [5.74, 6) is -0.162. The summed E-state index contributed by atoms with van der Waals surface area (Å²) in [6.07, 6.45) is 2.99. The Bertz CT molecular complexity index is 971. The highest BCUT2D eigenvalue weighted by Crippen LogP contribution is 2.29. The zero-order valence-electron chi connectivity index (χ0n) is 14.1. The molecule has 0 bridgehead atoms. The van der Waals surface area contributed by atoms with E-state index >= 15 is 0 Å². The van der Waals surface area contributed by atoms with E-state index in [-0.39, 0.29) is 23.1 Å². The first-order valence-corrected chi connectivity index (χ1v) is 8.22. The third-order valence-corrected chi connectivity index (χ3v) is 4.58. The van der Waals surface area contributed by atoms with E-state index in [0.717, 1.165) is 5.69 Å². The average molecular weight is 352 g/mol. The predicted molar refractivity (Wildman–Crippen MR) is 96.7 cm³/mol. The van der Waals surface area contributed by atoms with Gasteiger partial charge in [-0.3, -0.25) is 4.79 Å². The molecule has 2 aromatic heterocycles. The molecule has 1 N–H and O–H groups in total. The van der Waals surface area contributed by atoms with E-state index in [1.165, 1.54) is 12.4 Å². The SMILES string of the molecule is CN(c1ncnc(-c2ccccc2)c1F)C1CN(c2cn[nH]c(=O)c2)C1. The van der Waals surface area contributed by atoms with E-state index in [1.54, 1.807) is 6.20 Å². The van der Waals surface area contributed by atoms with Crippen molar-refractivity contribution in [3.8, 4) is 11.3 Å². The summed E-state index contributed by atoms with van der Waals surface area (Å²) >= 11 is 0. The Kier molecular flexibility index (Phi) is 4.08. The highest BCUT2D eigenvalue weighted by molar-refractivity contribution is 5.64.